The van der Waals surface area contributed by atoms with Gasteiger partial charge in [0.05, 0.1) is 12.0 Å². The fourth-order valence-electron chi connectivity index (χ4n) is 2.26. The Bertz CT molecular complexity index is 457. The lowest BCUT2D eigenvalue weighted by molar-refractivity contribution is -0.157. The van der Waals surface area contributed by atoms with E-state index in [0.717, 1.165) is 6.07 Å². The van der Waals surface area contributed by atoms with Gasteiger partial charge < -0.3 is 10.5 Å². The summed E-state index contributed by atoms with van der Waals surface area (Å²) in [4.78, 5) is 12.2. The van der Waals surface area contributed by atoms with Crippen molar-refractivity contribution in [3.63, 3.8) is 0 Å². The number of esters is 1. The van der Waals surface area contributed by atoms with E-state index in [1.165, 1.54) is 12.1 Å². The Labute approximate surface area is 118 Å². The van der Waals surface area contributed by atoms with E-state index in [2.05, 4.69) is 0 Å². The molecule has 1 aromatic carbocycles. The molecular formula is C15H21F2NO2. The van der Waals surface area contributed by atoms with Gasteiger partial charge in [-0.15, -0.1) is 0 Å². The van der Waals surface area contributed by atoms with E-state index in [-0.39, 0.29) is 25.5 Å². The molecule has 0 saturated heterocycles. The first-order valence-corrected chi connectivity index (χ1v) is 6.68. The summed E-state index contributed by atoms with van der Waals surface area (Å²) in [6.45, 7) is 5.70. The Balaban J connectivity index is 3.15. The molecule has 112 valence electrons. The van der Waals surface area contributed by atoms with E-state index in [1.54, 1.807) is 6.92 Å². The number of halogens is 2. The van der Waals surface area contributed by atoms with Crippen LogP contribution < -0.4 is 5.73 Å². The van der Waals surface area contributed by atoms with E-state index < -0.39 is 23.0 Å². The molecule has 0 heterocycles. The van der Waals surface area contributed by atoms with Crippen LogP contribution in [0.4, 0.5) is 8.78 Å². The van der Waals surface area contributed by atoms with Crippen molar-refractivity contribution in [1.29, 1.82) is 0 Å². The molecule has 0 aromatic heterocycles. The maximum Gasteiger partial charge on any atom is 0.313 e. The van der Waals surface area contributed by atoms with Crippen LogP contribution in [-0.4, -0.2) is 19.1 Å². The number of nitrogens with two attached hydrogens (primary N) is 1. The van der Waals surface area contributed by atoms with Crippen molar-refractivity contribution in [2.75, 3.05) is 13.2 Å². The molecule has 1 rings (SSSR count). The molecule has 0 spiro atoms. The Kier molecular flexibility index (Phi) is 5.62. The van der Waals surface area contributed by atoms with Crippen LogP contribution in [0.15, 0.2) is 18.2 Å². The van der Waals surface area contributed by atoms with Crippen LogP contribution in [0, 0.1) is 23.0 Å². The summed E-state index contributed by atoms with van der Waals surface area (Å²) in [6.07, 6.45) is 0.147. The first kappa shape index (κ1) is 16.6. The molecule has 3 nitrogen and oxygen atoms in total. The van der Waals surface area contributed by atoms with Crippen LogP contribution >= 0.6 is 0 Å². The van der Waals surface area contributed by atoms with Crippen molar-refractivity contribution in [3.8, 4) is 0 Å². The van der Waals surface area contributed by atoms with E-state index in [0.29, 0.717) is 5.56 Å². The molecule has 0 aliphatic carbocycles. The molecule has 1 aromatic rings. The van der Waals surface area contributed by atoms with Crippen molar-refractivity contribution in [1.82, 2.24) is 0 Å². The fraction of sp³-hybridized carbons (Fsp3) is 0.533. The Morgan fingerprint density at radius 1 is 1.30 bits per heavy atom. The van der Waals surface area contributed by atoms with E-state index in [9.17, 15) is 13.6 Å². The van der Waals surface area contributed by atoms with Crippen LogP contribution in [0.5, 0.6) is 0 Å². The minimum atomic E-state index is -0.976. The van der Waals surface area contributed by atoms with Gasteiger partial charge in [0.15, 0.2) is 0 Å². The third-order valence-corrected chi connectivity index (χ3v) is 3.59. The zero-order chi connectivity index (χ0) is 15.3. The summed E-state index contributed by atoms with van der Waals surface area (Å²) in [5.41, 5.74) is 5.20. The zero-order valence-electron chi connectivity index (χ0n) is 12.1. The normalized spacial score (nSPS) is 14.2. The minimum absolute atomic E-state index is 0.0572. The maximum atomic E-state index is 13.3. The molecule has 5 heteroatoms. The monoisotopic (exact) mass is 285 g/mol. The lowest BCUT2D eigenvalue weighted by Crippen LogP contribution is -2.46. The summed E-state index contributed by atoms with van der Waals surface area (Å²) < 4.78 is 31.6. The lowest BCUT2D eigenvalue weighted by Gasteiger charge is -2.34. The summed E-state index contributed by atoms with van der Waals surface area (Å²) >= 11 is 0. The number of rotatable bonds is 6. The molecule has 1 unspecified atom stereocenters. The van der Waals surface area contributed by atoms with Gasteiger partial charge in [-0.05, 0) is 37.0 Å². The number of carbonyl (C=O) groups is 1. The predicted molar refractivity (Wildman–Crippen MR) is 73.0 cm³/mol. The number of benzene rings is 1. The molecule has 2 N–H and O–H groups in total. The fourth-order valence-corrected chi connectivity index (χ4v) is 2.26. The molecule has 0 bridgehead atoms. The highest BCUT2D eigenvalue weighted by molar-refractivity contribution is 5.78. The zero-order valence-corrected chi connectivity index (χ0v) is 12.1. The van der Waals surface area contributed by atoms with Gasteiger partial charge in [0.2, 0.25) is 0 Å². The highest BCUT2D eigenvalue weighted by atomic mass is 19.1. The van der Waals surface area contributed by atoms with Gasteiger partial charge in [-0.2, -0.15) is 0 Å². The molecule has 0 fully saturated rings. The average Bonchev–Trinajstić information content (AvgIpc) is 2.34. The minimum Gasteiger partial charge on any atom is -0.466 e. The second-order valence-electron chi connectivity index (χ2n) is 5.19. The van der Waals surface area contributed by atoms with Crippen molar-refractivity contribution >= 4 is 5.97 Å². The van der Waals surface area contributed by atoms with Gasteiger partial charge in [0, 0.05) is 12.6 Å². The number of hydrogen-bond donors (Lipinski definition) is 1. The van der Waals surface area contributed by atoms with Gasteiger partial charge in [0.1, 0.15) is 11.6 Å². The molecule has 0 aliphatic rings. The second kappa shape index (κ2) is 6.79. The van der Waals surface area contributed by atoms with Gasteiger partial charge in [-0.3, -0.25) is 4.79 Å². The molecule has 0 amide bonds. The van der Waals surface area contributed by atoms with Crippen LogP contribution in [0.25, 0.3) is 0 Å². The highest BCUT2D eigenvalue weighted by Gasteiger charge is 2.42. The maximum absolute atomic E-state index is 13.3. The molecule has 1 atom stereocenters. The van der Waals surface area contributed by atoms with Gasteiger partial charge in [-0.1, -0.05) is 13.8 Å². The van der Waals surface area contributed by atoms with Gasteiger partial charge >= 0.3 is 5.97 Å². The Hall–Kier alpha value is -1.49. The van der Waals surface area contributed by atoms with Crippen molar-refractivity contribution in [3.05, 3.63) is 35.4 Å². The summed E-state index contributed by atoms with van der Waals surface area (Å²) in [5, 5.41) is 0. The highest BCUT2D eigenvalue weighted by Crippen LogP contribution is 2.33. The van der Waals surface area contributed by atoms with Crippen molar-refractivity contribution in [2.45, 2.75) is 27.2 Å². The first-order valence-electron chi connectivity index (χ1n) is 6.68. The number of carbonyl (C=O) groups excluding carboxylic acids is 1. The largest absolute Gasteiger partial charge is 0.466 e. The topological polar surface area (TPSA) is 52.3 Å². The Morgan fingerprint density at radius 3 is 2.25 bits per heavy atom. The molecule has 20 heavy (non-hydrogen) atoms. The number of hydrogen-bond acceptors (Lipinski definition) is 3. The Morgan fingerprint density at radius 2 is 1.85 bits per heavy atom. The molecular weight excluding hydrogens is 264 g/mol. The second-order valence-corrected chi connectivity index (χ2v) is 5.19. The SMILES string of the molecule is CCOC(=O)C(CN)(Cc1cc(F)cc(F)c1)C(C)C. The summed E-state index contributed by atoms with van der Waals surface area (Å²) in [6, 6.07) is 3.23. The lowest BCUT2D eigenvalue weighted by atomic mass is 9.72. The molecule has 0 saturated carbocycles. The average molecular weight is 285 g/mol. The van der Waals surface area contributed by atoms with Crippen molar-refractivity contribution in [2.24, 2.45) is 17.1 Å². The predicted octanol–water partition coefficient (Wildman–Crippen LogP) is 2.67. The van der Waals surface area contributed by atoms with Crippen LogP contribution in [0.3, 0.4) is 0 Å². The van der Waals surface area contributed by atoms with Gasteiger partial charge in [0.25, 0.3) is 0 Å². The van der Waals surface area contributed by atoms with Crippen LogP contribution in [-0.2, 0) is 16.0 Å². The van der Waals surface area contributed by atoms with E-state index in [4.69, 9.17) is 10.5 Å². The standard InChI is InChI=1S/C15H21F2NO2/c1-4-20-14(19)15(9-18,10(2)3)8-11-5-12(16)7-13(17)6-11/h5-7,10H,4,8-9,18H2,1-3H3. The number of ether oxygens (including phenoxy) is 1. The molecule has 0 radical (unpaired) electrons. The quantitative estimate of drug-likeness (QED) is 0.818. The van der Waals surface area contributed by atoms with Crippen LogP contribution in [0.1, 0.15) is 26.3 Å². The van der Waals surface area contributed by atoms with E-state index >= 15 is 0 Å². The van der Waals surface area contributed by atoms with E-state index in [1.807, 2.05) is 13.8 Å². The van der Waals surface area contributed by atoms with Crippen LogP contribution in [0.2, 0.25) is 0 Å². The third-order valence-electron chi connectivity index (χ3n) is 3.59. The summed E-state index contributed by atoms with van der Waals surface area (Å²) in [5.74, 6) is -1.88. The molecule has 0 aliphatic heterocycles. The van der Waals surface area contributed by atoms with Crippen molar-refractivity contribution < 1.29 is 18.3 Å². The summed E-state index contributed by atoms with van der Waals surface area (Å²) in [7, 11) is 0. The smallest absolute Gasteiger partial charge is 0.313 e. The van der Waals surface area contributed by atoms with Gasteiger partial charge in [-0.25, -0.2) is 8.78 Å². The first-order chi connectivity index (χ1) is 9.35. The third kappa shape index (κ3) is 3.54.